The van der Waals surface area contributed by atoms with Gasteiger partial charge in [-0.25, -0.2) is 4.98 Å². The standard InChI is InChI=1S/C11H11ClN2O2/c1-15-10-5-9-6(3-7(10)12)4-8(13)11(14-9)16-2/h3-5H,13H2,1-2H3. The van der Waals surface area contributed by atoms with Crippen molar-refractivity contribution in [2.45, 2.75) is 0 Å². The fourth-order valence-corrected chi connectivity index (χ4v) is 1.74. The first-order valence-electron chi connectivity index (χ1n) is 4.63. The van der Waals surface area contributed by atoms with Crippen LogP contribution >= 0.6 is 11.6 Å². The number of halogens is 1. The largest absolute Gasteiger partial charge is 0.495 e. The van der Waals surface area contributed by atoms with Crippen LogP contribution in [-0.4, -0.2) is 19.2 Å². The maximum Gasteiger partial charge on any atom is 0.237 e. The molecule has 2 N–H and O–H groups in total. The van der Waals surface area contributed by atoms with Gasteiger partial charge in [0.25, 0.3) is 0 Å². The lowest BCUT2D eigenvalue weighted by Crippen LogP contribution is -1.96. The van der Waals surface area contributed by atoms with Crippen molar-refractivity contribution in [2.24, 2.45) is 0 Å². The molecule has 84 valence electrons. The maximum absolute atomic E-state index is 6.00. The minimum atomic E-state index is 0.400. The number of anilines is 1. The Morgan fingerprint density at radius 2 is 1.94 bits per heavy atom. The molecule has 0 radical (unpaired) electrons. The highest BCUT2D eigenvalue weighted by atomic mass is 35.5. The Morgan fingerprint density at radius 3 is 2.56 bits per heavy atom. The Bertz CT molecular complexity index is 498. The first-order valence-corrected chi connectivity index (χ1v) is 5.01. The molecule has 5 heteroatoms. The van der Waals surface area contributed by atoms with E-state index in [4.69, 9.17) is 26.8 Å². The second kappa shape index (κ2) is 4.06. The Morgan fingerprint density at radius 1 is 1.19 bits per heavy atom. The van der Waals surface area contributed by atoms with Gasteiger partial charge in [-0.05, 0) is 12.1 Å². The number of hydrogen-bond acceptors (Lipinski definition) is 4. The zero-order chi connectivity index (χ0) is 11.7. The van der Waals surface area contributed by atoms with Crippen LogP contribution in [0.15, 0.2) is 18.2 Å². The number of hydrogen-bond donors (Lipinski definition) is 1. The van der Waals surface area contributed by atoms with Gasteiger partial charge < -0.3 is 15.2 Å². The second-order valence-corrected chi connectivity index (χ2v) is 3.67. The van der Waals surface area contributed by atoms with Gasteiger partial charge in [-0.1, -0.05) is 11.6 Å². The smallest absolute Gasteiger partial charge is 0.237 e. The summed E-state index contributed by atoms with van der Waals surface area (Å²) in [4.78, 5) is 4.26. The number of aromatic nitrogens is 1. The first-order chi connectivity index (χ1) is 7.65. The zero-order valence-corrected chi connectivity index (χ0v) is 9.71. The summed E-state index contributed by atoms with van der Waals surface area (Å²) in [7, 11) is 3.08. The molecule has 0 amide bonds. The van der Waals surface area contributed by atoms with Crippen LogP contribution in [-0.2, 0) is 0 Å². The lowest BCUT2D eigenvalue weighted by molar-refractivity contribution is 0.401. The predicted octanol–water partition coefficient (Wildman–Crippen LogP) is 2.49. The monoisotopic (exact) mass is 238 g/mol. The van der Waals surface area contributed by atoms with Crippen molar-refractivity contribution in [3.8, 4) is 11.6 Å². The number of pyridine rings is 1. The molecular weight excluding hydrogens is 228 g/mol. The molecule has 0 fully saturated rings. The van der Waals surface area contributed by atoms with Crippen LogP contribution in [0.1, 0.15) is 0 Å². The Kier molecular flexibility index (Phi) is 2.75. The van der Waals surface area contributed by atoms with E-state index in [2.05, 4.69) is 4.98 Å². The van der Waals surface area contributed by atoms with Gasteiger partial charge in [0.05, 0.1) is 30.4 Å². The van der Waals surface area contributed by atoms with Crippen LogP contribution in [0.4, 0.5) is 5.69 Å². The van der Waals surface area contributed by atoms with Gasteiger partial charge >= 0.3 is 0 Å². The number of nitrogens with two attached hydrogens (primary N) is 1. The van der Waals surface area contributed by atoms with E-state index in [0.717, 1.165) is 10.9 Å². The lowest BCUT2D eigenvalue weighted by atomic mass is 10.2. The van der Waals surface area contributed by atoms with E-state index >= 15 is 0 Å². The van der Waals surface area contributed by atoms with E-state index in [9.17, 15) is 0 Å². The molecule has 0 spiro atoms. The number of fused-ring (bicyclic) bond motifs is 1. The number of nitrogen functional groups attached to an aromatic ring is 1. The fourth-order valence-electron chi connectivity index (χ4n) is 1.49. The molecule has 0 atom stereocenters. The van der Waals surface area contributed by atoms with E-state index in [0.29, 0.717) is 22.3 Å². The molecule has 0 aliphatic carbocycles. The van der Waals surface area contributed by atoms with Crippen molar-refractivity contribution in [1.82, 2.24) is 4.98 Å². The molecule has 2 aromatic rings. The van der Waals surface area contributed by atoms with E-state index in [1.54, 1.807) is 25.3 Å². The molecule has 1 aromatic heterocycles. The summed E-state index contributed by atoms with van der Waals surface area (Å²) in [5.41, 5.74) is 6.97. The summed E-state index contributed by atoms with van der Waals surface area (Å²) < 4.78 is 10.2. The van der Waals surface area contributed by atoms with E-state index in [-0.39, 0.29) is 0 Å². The third-order valence-corrected chi connectivity index (χ3v) is 2.57. The SMILES string of the molecule is COc1cc2nc(OC)c(N)cc2cc1Cl. The number of nitrogens with zero attached hydrogens (tertiary/aromatic N) is 1. The minimum Gasteiger partial charge on any atom is -0.495 e. The summed E-state index contributed by atoms with van der Waals surface area (Å²) in [5.74, 6) is 0.977. The van der Waals surface area contributed by atoms with Gasteiger partial charge in [-0.3, -0.25) is 0 Å². The third-order valence-electron chi connectivity index (χ3n) is 2.27. The predicted molar refractivity (Wildman–Crippen MR) is 64.3 cm³/mol. The highest BCUT2D eigenvalue weighted by molar-refractivity contribution is 6.32. The normalized spacial score (nSPS) is 10.4. The topological polar surface area (TPSA) is 57.4 Å². The average Bonchev–Trinajstić information content (AvgIpc) is 2.27. The number of methoxy groups -OCH3 is 2. The highest BCUT2D eigenvalue weighted by Crippen LogP contribution is 2.32. The molecule has 0 unspecified atom stereocenters. The first kappa shape index (κ1) is 10.8. The van der Waals surface area contributed by atoms with Crippen molar-refractivity contribution >= 4 is 28.2 Å². The van der Waals surface area contributed by atoms with Crippen molar-refractivity contribution in [3.05, 3.63) is 23.2 Å². The van der Waals surface area contributed by atoms with Crippen LogP contribution in [0.2, 0.25) is 5.02 Å². The Labute approximate surface area is 97.9 Å². The van der Waals surface area contributed by atoms with Crippen molar-refractivity contribution in [2.75, 3.05) is 20.0 Å². The van der Waals surface area contributed by atoms with E-state index in [1.807, 2.05) is 0 Å². The van der Waals surface area contributed by atoms with E-state index in [1.165, 1.54) is 7.11 Å². The van der Waals surface area contributed by atoms with E-state index < -0.39 is 0 Å². The quantitative estimate of drug-likeness (QED) is 0.873. The van der Waals surface area contributed by atoms with Crippen LogP contribution in [0, 0.1) is 0 Å². The molecule has 0 aliphatic rings. The average molecular weight is 239 g/mol. The summed E-state index contributed by atoms with van der Waals surface area (Å²) in [6.45, 7) is 0. The molecular formula is C11H11ClN2O2. The van der Waals surface area contributed by atoms with Gasteiger partial charge in [0, 0.05) is 11.5 Å². The van der Waals surface area contributed by atoms with Crippen LogP contribution in [0.3, 0.4) is 0 Å². The van der Waals surface area contributed by atoms with Gasteiger partial charge in [-0.15, -0.1) is 0 Å². The molecule has 1 aromatic carbocycles. The molecule has 4 nitrogen and oxygen atoms in total. The summed E-state index contributed by atoms with van der Waals surface area (Å²) >= 11 is 6.00. The fraction of sp³-hybridized carbons (Fsp3) is 0.182. The van der Waals surface area contributed by atoms with Gasteiger partial charge in [0.15, 0.2) is 0 Å². The second-order valence-electron chi connectivity index (χ2n) is 3.27. The molecule has 0 saturated carbocycles. The number of rotatable bonds is 2. The van der Waals surface area contributed by atoms with Gasteiger partial charge in [-0.2, -0.15) is 0 Å². The zero-order valence-electron chi connectivity index (χ0n) is 8.95. The molecule has 0 saturated heterocycles. The number of ether oxygens (including phenoxy) is 2. The summed E-state index contributed by atoms with van der Waals surface area (Å²) in [5, 5.41) is 1.38. The van der Waals surface area contributed by atoms with Crippen LogP contribution in [0.5, 0.6) is 11.6 Å². The number of benzene rings is 1. The molecule has 1 heterocycles. The van der Waals surface area contributed by atoms with Crippen LogP contribution in [0.25, 0.3) is 10.9 Å². The van der Waals surface area contributed by atoms with Crippen molar-refractivity contribution in [1.29, 1.82) is 0 Å². The lowest BCUT2D eigenvalue weighted by Gasteiger charge is -2.08. The van der Waals surface area contributed by atoms with Gasteiger partial charge in [0.2, 0.25) is 5.88 Å². The molecule has 0 bridgehead atoms. The minimum absolute atomic E-state index is 0.400. The van der Waals surface area contributed by atoms with Crippen molar-refractivity contribution < 1.29 is 9.47 Å². The van der Waals surface area contributed by atoms with Crippen molar-refractivity contribution in [3.63, 3.8) is 0 Å². The molecule has 2 rings (SSSR count). The van der Waals surface area contributed by atoms with Gasteiger partial charge in [0.1, 0.15) is 5.75 Å². The van der Waals surface area contributed by atoms with Crippen LogP contribution < -0.4 is 15.2 Å². The molecule has 16 heavy (non-hydrogen) atoms. The summed E-state index contributed by atoms with van der Waals surface area (Å²) in [6, 6.07) is 5.28. The summed E-state index contributed by atoms with van der Waals surface area (Å²) in [6.07, 6.45) is 0. The molecule has 0 aliphatic heterocycles. The Balaban J connectivity index is 2.71. The maximum atomic E-state index is 6.00. The Hall–Kier alpha value is -1.68. The highest BCUT2D eigenvalue weighted by Gasteiger charge is 2.08. The third kappa shape index (κ3) is 1.72.